The smallest absolute Gasteiger partial charge is 0.254 e. The Bertz CT molecular complexity index is 477. The van der Waals surface area contributed by atoms with Gasteiger partial charge in [0.15, 0.2) is 0 Å². The van der Waals surface area contributed by atoms with Gasteiger partial charge in [-0.15, -0.1) is 0 Å². The minimum Gasteiger partial charge on any atom is -0.508 e. The number of aromatic nitrogens is 2. The van der Waals surface area contributed by atoms with E-state index in [4.69, 9.17) is 5.11 Å². The van der Waals surface area contributed by atoms with Crippen molar-refractivity contribution in [2.75, 3.05) is 6.54 Å². The number of benzene rings is 1. The second-order valence-corrected chi connectivity index (χ2v) is 3.66. The van der Waals surface area contributed by atoms with Gasteiger partial charge in [-0.3, -0.25) is 9.89 Å². The molecule has 1 aromatic heterocycles. The van der Waals surface area contributed by atoms with Crippen LogP contribution in [-0.4, -0.2) is 27.8 Å². The number of phenolic OH excluding ortho intramolecular Hbond substituents is 1. The first-order valence-electron chi connectivity index (χ1n) is 5.30. The number of nitrogens with zero attached hydrogens (tertiary/aromatic N) is 1. The van der Waals surface area contributed by atoms with Gasteiger partial charge in [-0.05, 0) is 24.1 Å². The van der Waals surface area contributed by atoms with E-state index >= 15 is 0 Å². The normalized spacial score (nSPS) is 10.1. The van der Waals surface area contributed by atoms with E-state index < -0.39 is 0 Å². The maximum Gasteiger partial charge on any atom is 0.254 e. The number of amides is 1. The summed E-state index contributed by atoms with van der Waals surface area (Å²) in [5, 5.41) is 18.2. The molecule has 0 fully saturated rings. The van der Waals surface area contributed by atoms with Gasteiger partial charge in [0.1, 0.15) is 5.75 Å². The SMILES string of the molecule is O=C(NCCc1ccc(O)cc1)c1cn[nH]c1. The minimum absolute atomic E-state index is 0.141. The summed E-state index contributed by atoms with van der Waals surface area (Å²) in [6.07, 6.45) is 3.76. The quantitative estimate of drug-likeness (QED) is 0.737. The van der Waals surface area contributed by atoms with Crippen molar-refractivity contribution in [3.05, 3.63) is 47.8 Å². The van der Waals surface area contributed by atoms with Crippen LogP contribution < -0.4 is 5.32 Å². The zero-order valence-corrected chi connectivity index (χ0v) is 9.18. The minimum atomic E-state index is -0.141. The van der Waals surface area contributed by atoms with E-state index in [1.807, 2.05) is 12.1 Å². The fraction of sp³-hybridized carbons (Fsp3) is 0.167. The Labute approximate surface area is 98.5 Å². The third kappa shape index (κ3) is 3.07. The summed E-state index contributed by atoms with van der Waals surface area (Å²) < 4.78 is 0. The Morgan fingerprint density at radius 3 is 2.76 bits per heavy atom. The van der Waals surface area contributed by atoms with Gasteiger partial charge in [-0.2, -0.15) is 5.10 Å². The Kier molecular flexibility index (Phi) is 3.40. The summed E-state index contributed by atoms with van der Waals surface area (Å²) in [5.74, 6) is 0.105. The monoisotopic (exact) mass is 231 g/mol. The molecule has 2 aromatic rings. The molecule has 1 heterocycles. The Morgan fingerprint density at radius 2 is 2.12 bits per heavy atom. The van der Waals surface area contributed by atoms with E-state index in [9.17, 15) is 4.79 Å². The Hall–Kier alpha value is -2.30. The summed E-state index contributed by atoms with van der Waals surface area (Å²) in [4.78, 5) is 11.5. The maximum atomic E-state index is 11.5. The predicted molar refractivity (Wildman–Crippen MR) is 62.7 cm³/mol. The van der Waals surface area contributed by atoms with E-state index in [2.05, 4.69) is 15.5 Å². The number of H-pyrrole nitrogens is 1. The van der Waals surface area contributed by atoms with Crippen LogP contribution in [0.1, 0.15) is 15.9 Å². The lowest BCUT2D eigenvalue weighted by Gasteiger charge is -2.03. The number of carbonyl (C=O) groups excluding carboxylic acids is 1. The van der Waals surface area contributed by atoms with Gasteiger partial charge in [0.2, 0.25) is 0 Å². The van der Waals surface area contributed by atoms with E-state index in [0.29, 0.717) is 12.1 Å². The van der Waals surface area contributed by atoms with Crippen LogP contribution in [0.5, 0.6) is 5.75 Å². The standard InChI is InChI=1S/C12H13N3O2/c16-11-3-1-9(2-4-11)5-6-13-12(17)10-7-14-15-8-10/h1-4,7-8,16H,5-6H2,(H,13,17)(H,14,15). The van der Waals surface area contributed by atoms with Crippen molar-refractivity contribution in [3.8, 4) is 5.75 Å². The van der Waals surface area contributed by atoms with Gasteiger partial charge >= 0.3 is 0 Å². The molecule has 0 aliphatic carbocycles. The van der Waals surface area contributed by atoms with E-state index in [-0.39, 0.29) is 11.7 Å². The highest BCUT2D eigenvalue weighted by Crippen LogP contribution is 2.09. The number of phenols is 1. The molecule has 0 aliphatic rings. The molecule has 0 spiro atoms. The van der Waals surface area contributed by atoms with Crippen LogP contribution in [0.25, 0.3) is 0 Å². The molecule has 0 atom stereocenters. The largest absolute Gasteiger partial charge is 0.508 e. The molecule has 1 aromatic carbocycles. The molecule has 1 amide bonds. The number of aromatic amines is 1. The van der Waals surface area contributed by atoms with Crippen molar-refractivity contribution in [2.45, 2.75) is 6.42 Å². The lowest BCUT2D eigenvalue weighted by molar-refractivity contribution is 0.0954. The molecule has 0 unspecified atom stereocenters. The molecule has 0 radical (unpaired) electrons. The molecule has 0 bridgehead atoms. The Balaban J connectivity index is 1.80. The molecular weight excluding hydrogens is 218 g/mol. The maximum absolute atomic E-state index is 11.5. The van der Waals surface area contributed by atoms with Crippen molar-refractivity contribution in [2.24, 2.45) is 0 Å². The highest BCUT2D eigenvalue weighted by molar-refractivity contribution is 5.93. The fourth-order valence-corrected chi connectivity index (χ4v) is 1.46. The number of hydrogen-bond donors (Lipinski definition) is 3. The van der Waals surface area contributed by atoms with Crippen molar-refractivity contribution in [1.29, 1.82) is 0 Å². The van der Waals surface area contributed by atoms with Gasteiger partial charge in [-0.25, -0.2) is 0 Å². The summed E-state index contributed by atoms with van der Waals surface area (Å²) in [5.41, 5.74) is 1.59. The van der Waals surface area contributed by atoms with E-state index in [1.54, 1.807) is 18.3 Å². The lowest BCUT2D eigenvalue weighted by atomic mass is 10.1. The van der Waals surface area contributed by atoms with Crippen LogP contribution in [0.15, 0.2) is 36.7 Å². The molecule has 5 nitrogen and oxygen atoms in total. The predicted octanol–water partition coefficient (Wildman–Crippen LogP) is 1.09. The molecule has 3 N–H and O–H groups in total. The summed E-state index contributed by atoms with van der Waals surface area (Å²) >= 11 is 0. The van der Waals surface area contributed by atoms with Crippen molar-refractivity contribution >= 4 is 5.91 Å². The number of nitrogens with one attached hydrogen (secondary N) is 2. The molecular formula is C12H13N3O2. The van der Waals surface area contributed by atoms with Crippen LogP contribution in [0, 0.1) is 0 Å². The van der Waals surface area contributed by atoms with Crippen LogP contribution in [0.3, 0.4) is 0 Å². The van der Waals surface area contributed by atoms with Crippen molar-refractivity contribution in [1.82, 2.24) is 15.5 Å². The number of aromatic hydroxyl groups is 1. The van der Waals surface area contributed by atoms with E-state index in [0.717, 1.165) is 12.0 Å². The topological polar surface area (TPSA) is 78.0 Å². The molecule has 2 rings (SSSR count). The number of hydrogen-bond acceptors (Lipinski definition) is 3. The van der Waals surface area contributed by atoms with Crippen molar-refractivity contribution in [3.63, 3.8) is 0 Å². The zero-order valence-electron chi connectivity index (χ0n) is 9.18. The van der Waals surface area contributed by atoms with Gasteiger partial charge in [-0.1, -0.05) is 12.1 Å². The molecule has 0 saturated carbocycles. The fourth-order valence-electron chi connectivity index (χ4n) is 1.46. The van der Waals surface area contributed by atoms with Crippen LogP contribution in [0.2, 0.25) is 0 Å². The second-order valence-electron chi connectivity index (χ2n) is 3.66. The first-order chi connectivity index (χ1) is 8.25. The average Bonchev–Trinajstić information content (AvgIpc) is 2.85. The molecule has 17 heavy (non-hydrogen) atoms. The lowest BCUT2D eigenvalue weighted by Crippen LogP contribution is -2.25. The average molecular weight is 231 g/mol. The van der Waals surface area contributed by atoms with Gasteiger partial charge in [0.25, 0.3) is 5.91 Å². The van der Waals surface area contributed by atoms with E-state index in [1.165, 1.54) is 6.20 Å². The highest BCUT2D eigenvalue weighted by Gasteiger charge is 2.04. The van der Waals surface area contributed by atoms with Crippen molar-refractivity contribution < 1.29 is 9.90 Å². The first-order valence-corrected chi connectivity index (χ1v) is 5.30. The molecule has 88 valence electrons. The Morgan fingerprint density at radius 1 is 1.35 bits per heavy atom. The summed E-state index contributed by atoms with van der Waals surface area (Å²) in [6.45, 7) is 0.550. The molecule has 0 aliphatic heterocycles. The van der Waals surface area contributed by atoms with Gasteiger partial charge in [0.05, 0.1) is 11.8 Å². The molecule has 5 heteroatoms. The van der Waals surface area contributed by atoms with Gasteiger partial charge in [0, 0.05) is 12.7 Å². The first kappa shape index (κ1) is 11.2. The summed E-state index contributed by atoms with van der Waals surface area (Å²) in [7, 11) is 0. The van der Waals surface area contributed by atoms with Crippen LogP contribution in [0.4, 0.5) is 0 Å². The zero-order chi connectivity index (χ0) is 12.1. The summed E-state index contributed by atoms with van der Waals surface area (Å²) in [6, 6.07) is 6.93. The third-order valence-electron chi connectivity index (χ3n) is 2.40. The van der Waals surface area contributed by atoms with Crippen LogP contribution in [-0.2, 0) is 6.42 Å². The molecule has 0 saturated heterocycles. The number of carbonyl (C=O) groups is 1. The van der Waals surface area contributed by atoms with Gasteiger partial charge < -0.3 is 10.4 Å². The highest BCUT2D eigenvalue weighted by atomic mass is 16.3. The second kappa shape index (κ2) is 5.16. The third-order valence-corrected chi connectivity index (χ3v) is 2.40. The van der Waals surface area contributed by atoms with Crippen LogP contribution >= 0.6 is 0 Å². The number of rotatable bonds is 4.